The van der Waals surface area contributed by atoms with Crippen molar-refractivity contribution < 1.29 is 18.8 Å². The molecule has 0 aliphatic carbocycles. The van der Waals surface area contributed by atoms with Gasteiger partial charge in [0.2, 0.25) is 5.89 Å². The third-order valence-electron chi connectivity index (χ3n) is 5.60. The molecule has 2 aromatic carbocycles. The Labute approximate surface area is 196 Å². The van der Waals surface area contributed by atoms with Gasteiger partial charge in [0.25, 0.3) is 17.7 Å². The van der Waals surface area contributed by atoms with Crippen LogP contribution in [-0.2, 0) is 6.54 Å². The second-order valence-electron chi connectivity index (χ2n) is 7.71. The Hall–Kier alpha value is -3.85. The van der Waals surface area contributed by atoms with Crippen molar-refractivity contribution >= 4 is 33.5 Å². The second kappa shape index (κ2) is 7.93. The summed E-state index contributed by atoms with van der Waals surface area (Å²) in [5.41, 5.74) is 3.66. The monoisotopic (exact) mass is 504 g/mol. The van der Waals surface area contributed by atoms with Gasteiger partial charge >= 0.3 is 0 Å². The number of nitrogens with one attached hydrogen (secondary N) is 1. The number of hydrogen-bond acceptors (Lipinski definition) is 6. The number of nitrogens with zero attached hydrogens (tertiary/aromatic N) is 3. The number of fused-ring (bicyclic) bond motifs is 1. The van der Waals surface area contributed by atoms with Gasteiger partial charge in [-0.3, -0.25) is 19.3 Å². The molecule has 0 saturated heterocycles. The Morgan fingerprint density at radius 1 is 1.03 bits per heavy atom. The molecule has 0 saturated carbocycles. The van der Waals surface area contributed by atoms with Crippen LogP contribution < -0.4 is 0 Å². The Kier molecular flexibility index (Phi) is 5.05. The van der Waals surface area contributed by atoms with E-state index in [0.29, 0.717) is 39.2 Å². The standard InChI is InChI=1S/C24H17BrN4O4/c1-12-19(21(30)14-6-5-7-15(25)10-14)13(2)26-20(12)22-28-27-18(33-22)11-29-23(31)16-8-3-4-9-17(16)24(29)32/h3-10,26H,11H2,1-2H3. The van der Waals surface area contributed by atoms with Crippen molar-refractivity contribution in [3.05, 3.63) is 92.4 Å². The van der Waals surface area contributed by atoms with Crippen LogP contribution in [0.2, 0.25) is 0 Å². The van der Waals surface area contributed by atoms with E-state index in [2.05, 4.69) is 31.1 Å². The van der Waals surface area contributed by atoms with Gasteiger partial charge < -0.3 is 9.40 Å². The van der Waals surface area contributed by atoms with Gasteiger partial charge in [-0.1, -0.05) is 40.2 Å². The molecular formula is C24H17BrN4O4. The average Bonchev–Trinajstić information content (AvgIpc) is 3.45. The minimum Gasteiger partial charge on any atom is -0.417 e. The summed E-state index contributed by atoms with van der Waals surface area (Å²) in [5.74, 6) is -0.630. The van der Waals surface area contributed by atoms with Gasteiger partial charge in [0.1, 0.15) is 12.2 Å². The lowest BCUT2D eigenvalue weighted by Gasteiger charge is -2.10. The molecule has 2 aromatic heterocycles. The smallest absolute Gasteiger partial charge is 0.264 e. The number of aromatic amines is 1. The van der Waals surface area contributed by atoms with Crippen LogP contribution in [0.15, 0.2) is 57.4 Å². The molecule has 0 fully saturated rings. The number of rotatable bonds is 5. The minimum absolute atomic E-state index is 0.117. The Morgan fingerprint density at radius 3 is 2.39 bits per heavy atom. The van der Waals surface area contributed by atoms with E-state index in [1.165, 1.54) is 0 Å². The largest absolute Gasteiger partial charge is 0.417 e. The molecule has 4 aromatic rings. The number of benzene rings is 2. The van der Waals surface area contributed by atoms with Gasteiger partial charge in [-0.15, -0.1) is 10.2 Å². The van der Waals surface area contributed by atoms with Gasteiger partial charge in [0.05, 0.1) is 11.1 Å². The van der Waals surface area contributed by atoms with Gasteiger partial charge in [0.15, 0.2) is 5.78 Å². The van der Waals surface area contributed by atoms with Gasteiger partial charge in [-0.05, 0) is 43.7 Å². The molecule has 3 heterocycles. The number of ketones is 1. The molecule has 1 N–H and O–H groups in total. The summed E-state index contributed by atoms with van der Waals surface area (Å²) in [7, 11) is 0. The molecule has 2 amide bonds. The predicted molar refractivity (Wildman–Crippen MR) is 122 cm³/mol. The lowest BCUT2D eigenvalue weighted by Crippen LogP contribution is -2.29. The van der Waals surface area contributed by atoms with Gasteiger partial charge in [-0.25, -0.2) is 0 Å². The molecular weight excluding hydrogens is 488 g/mol. The van der Waals surface area contributed by atoms with E-state index in [4.69, 9.17) is 4.42 Å². The van der Waals surface area contributed by atoms with E-state index in [1.54, 1.807) is 56.3 Å². The number of aromatic nitrogens is 3. The summed E-state index contributed by atoms with van der Waals surface area (Å²) >= 11 is 3.39. The van der Waals surface area contributed by atoms with Crippen LogP contribution >= 0.6 is 15.9 Å². The highest BCUT2D eigenvalue weighted by atomic mass is 79.9. The van der Waals surface area contributed by atoms with E-state index < -0.39 is 11.8 Å². The summed E-state index contributed by atoms with van der Waals surface area (Å²) in [6.07, 6.45) is 0. The number of carbonyl (C=O) groups is 3. The first-order valence-electron chi connectivity index (χ1n) is 10.1. The minimum atomic E-state index is -0.399. The van der Waals surface area contributed by atoms with Crippen molar-refractivity contribution in [1.29, 1.82) is 0 Å². The topological polar surface area (TPSA) is 109 Å². The van der Waals surface area contributed by atoms with Crippen LogP contribution in [0.1, 0.15) is 53.8 Å². The molecule has 5 rings (SSSR count). The number of amides is 2. The summed E-state index contributed by atoms with van der Waals surface area (Å²) in [5, 5.41) is 8.08. The first kappa shape index (κ1) is 21.0. The fourth-order valence-corrected chi connectivity index (χ4v) is 4.41. The lowest BCUT2D eigenvalue weighted by molar-refractivity contribution is 0.0628. The summed E-state index contributed by atoms with van der Waals surface area (Å²) in [4.78, 5) is 42.5. The van der Waals surface area contributed by atoms with Crippen molar-refractivity contribution in [3.8, 4) is 11.6 Å². The third kappa shape index (κ3) is 3.50. The summed E-state index contributed by atoms with van der Waals surface area (Å²) in [6.45, 7) is 3.47. The number of H-pyrrole nitrogens is 1. The molecule has 8 nitrogen and oxygen atoms in total. The Balaban J connectivity index is 1.42. The van der Waals surface area contributed by atoms with E-state index in [0.717, 1.165) is 9.37 Å². The van der Waals surface area contributed by atoms with E-state index in [1.807, 2.05) is 6.07 Å². The molecule has 1 aliphatic heterocycles. The van der Waals surface area contributed by atoms with Crippen molar-refractivity contribution in [2.24, 2.45) is 0 Å². The first-order chi connectivity index (χ1) is 15.8. The van der Waals surface area contributed by atoms with E-state index >= 15 is 0 Å². The average molecular weight is 505 g/mol. The number of aryl methyl sites for hydroxylation is 1. The van der Waals surface area contributed by atoms with Crippen LogP contribution in [0.4, 0.5) is 0 Å². The van der Waals surface area contributed by atoms with E-state index in [-0.39, 0.29) is 24.1 Å². The maximum atomic E-state index is 13.1. The van der Waals surface area contributed by atoms with Gasteiger partial charge in [0, 0.05) is 21.3 Å². The zero-order valence-electron chi connectivity index (χ0n) is 17.7. The fourth-order valence-electron chi connectivity index (χ4n) is 4.02. The molecule has 0 bridgehead atoms. The molecule has 0 radical (unpaired) electrons. The second-order valence-corrected chi connectivity index (χ2v) is 8.62. The highest BCUT2D eigenvalue weighted by molar-refractivity contribution is 9.10. The van der Waals surface area contributed by atoms with Crippen molar-refractivity contribution in [3.63, 3.8) is 0 Å². The van der Waals surface area contributed by atoms with Crippen LogP contribution in [0.3, 0.4) is 0 Å². The zero-order chi connectivity index (χ0) is 23.3. The molecule has 164 valence electrons. The summed E-state index contributed by atoms with van der Waals surface area (Å²) < 4.78 is 6.58. The third-order valence-corrected chi connectivity index (χ3v) is 6.10. The molecule has 0 spiro atoms. The summed E-state index contributed by atoms with van der Waals surface area (Å²) in [6, 6.07) is 13.8. The van der Waals surface area contributed by atoms with E-state index in [9.17, 15) is 14.4 Å². The van der Waals surface area contributed by atoms with Crippen LogP contribution in [0, 0.1) is 13.8 Å². The number of imide groups is 1. The lowest BCUT2D eigenvalue weighted by atomic mass is 10.00. The molecule has 33 heavy (non-hydrogen) atoms. The first-order valence-corrected chi connectivity index (χ1v) is 10.9. The van der Waals surface area contributed by atoms with Crippen LogP contribution in [0.25, 0.3) is 11.6 Å². The normalized spacial score (nSPS) is 13.0. The van der Waals surface area contributed by atoms with Crippen molar-refractivity contribution in [2.75, 3.05) is 0 Å². The highest BCUT2D eigenvalue weighted by Gasteiger charge is 2.36. The molecule has 1 aliphatic rings. The maximum Gasteiger partial charge on any atom is 0.264 e. The number of hydrogen-bond donors (Lipinski definition) is 1. The quantitative estimate of drug-likeness (QED) is 0.317. The van der Waals surface area contributed by atoms with Crippen molar-refractivity contribution in [2.45, 2.75) is 20.4 Å². The molecule has 9 heteroatoms. The maximum absolute atomic E-state index is 13.1. The van der Waals surface area contributed by atoms with Crippen LogP contribution in [0.5, 0.6) is 0 Å². The molecule has 0 atom stereocenters. The number of carbonyl (C=O) groups excluding carboxylic acids is 3. The van der Waals surface area contributed by atoms with Crippen molar-refractivity contribution in [1.82, 2.24) is 20.1 Å². The zero-order valence-corrected chi connectivity index (χ0v) is 19.3. The number of halogens is 1. The molecule has 0 unspecified atom stereocenters. The highest BCUT2D eigenvalue weighted by Crippen LogP contribution is 2.30. The Morgan fingerprint density at radius 2 is 1.73 bits per heavy atom. The van der Waals surface area contributed by atoms with Gasteiger partial charge in [-0.2, -0.15) is 0 Å². The Bertz CT molecular complexity index is 1420. The predicted octanol–water partition coefficient (Wildman–Crippen LogP) is 4.47. The SMILES string of the molecule is Cc1[nH]c(-c2nnc(CN3C(=O)c4ccccc4C3=O)o2)c(C)c1C(=O)c1cccc(Br)c1. The fraction of sp³-hybridized carbons (Fsp3) is 0.125. The van der Waals surface area contributed by atoms with Crippen LogP contribution in [-0.4, -0.2) is 37.7 Å².